The Bertz CT molecular complexity index is 388. The van der Waals surface area contributed by atoms with Gasteiger partial charge in [0.1, 0.15) is 0 Å². The van der Waals surface area contributed by atoms with E-state index < -0.39 is 0 Å². The monoisotopic (exact) mass is 251 g/mol. The van der Waals surface area contributed by atoms with Crippen molar-refractivity contribution >= 4 is 11.6 Å². The molecule has 1 aromatic rings. The fraction of sp³-hybridized carbons (Fsp3) is 0.600. The van der Waals surface area contributed by atoms with Crippen LogP contribution in [0.4, 0.5) is 0 Å². The zero-order valence-corrected chi connectivity index (χ0v) is 11.6. The van der Waals surface area contributed by atoms with Crippen molar-refractivity contribution in [1.82, 2.24) is 0 Å². The van der Waals surface area contributed by atoms with E-state index in [9.17, 15) is 0 Å². The molecule has 1 saturated carbocycles. The molecule has 0 atom stereocenters. The molecule has 0 aromatic heterocycles. The number of hydrogen-bond acceptors (Lipinski definition) is 1. The highest BCUT2D eigenvalue weighted by Gasteiger charge is 2.35. The van der Waals surface area contributed by atoms with Crippen LogP contribution in [-0.4, -0.2) is 5.54 Å². The first-order valence-electron chi connectivity index (χ1n) is 6.42. The van der Waals surface area contributed by atoms with Crippen LogP contribution in [-0.2, 0) is 6.42 Å². The summed E-state index contributed by atoms with van der Waals surface area (Å²) in [4.78, 5) is 0. The van der Waals surface area contributed by atoms with E-state index in [4.69, 9.17) is 17.3 Å². The van der Waals surface area contributed by atoms with Crippen molar-refractivity contribution in [2.24, 2.45) is 11.1 Å². The minimum atomic E-state index is -0.0276. The molecular formula is C15H22ClN. The average Bonchev–Trinajstić information content (AvgIpc) is 2.24. The number of nitrogens with two attached hydrogens (primary N) is 1. The molecule has 1 nitrogen and oxygen atoms in total. The molecular weight excluding hydrogens is 230 g/mol. The second kappa shape index (κ2) is 4.62. The molecule has 0 heterocycles. The van der Waals surface area contributed by atoms with Crippen molar-refractivity contribution in [3.8, 4) is 0 Å². The van der Waals surface area contributed by atoms with Gasteiger partial charge in [0.2, 0.25) is 0 Å². The van der Waals surface area contributed by atoms with Crippen LogP contribution >= 0.6 is 11.6 Å². The van der Waals surface area contributed by atoms with Crippen molar-refractivity contribution in [3.63, 3.8) is 0 Å². The van der Waals surface area contributed by atoms with Crippen LogP contribution in [0.15, 0.2) is 24.3 Å². The highest BCUT2D eigenvalue weighted by molar-refractivity contribution is 6.30. The van der Waals surface area contributed by atoms with Crippen molar-refractivity contribution < 1.29 is 0 Å². The van der Waals surface area contributed by atoms with Gasteiger partial charge in [-0.2, -0.15) is 0 Å². The predicted octanol–water partition coefficient (Wildman–Crippen LogP) is 4.18. The molecule has 1 aromatic carbocycles. The molecule has 1 fully saturated rings. The van der Waals surface area contributed by atoms with Gasteiger partial charge in [-0.3, -0.25) is 0 Å². The molecule has 2 N–H and O–H groups in total. The summed E-state index contributed by atoms with van der Waals surface area (Å²) in [7, 11) is 0. The lowest BCUT2D eigenvalue weighted by molar-refractivity contribution is 0.164. The SMILES string of the molecule is CC1(C)CCC(N)(Cc2cccc(Cl)c2)CC1. The molecule has 1 aliphatic rings. The molecule has 0 radical (unpaired) electrons. The van der Waals surface area contributed by atoms with E-state index in [1.165, 1.54) is 18.4 Å². The van der Waals surface area contributed by atoms with E-state index in [1.54, 1.807) is 0 Å². The minimum Gasteiger partial charge on any atom is -0.325 e. The van der Waals surface area contributed by atoms with Gasteiger partial charge in [0, 0.05) is 10.6 Å². The summed E-state index contributed by atoms with van der Waals surface area (Å²) in [6, 6.07) is 8.09. The van der Waals surface area contributed by atoms with Crippen LogP contribution < -0.4 is 5.73 Å². The maximum absolute atomic E-state index is 6.52. The molecule has 1 aliphatic carbocycles. The van der Waals surface area contributed by atoms with Crippen molar-refractivity contribution in [3.05, 3.63) is 34.9 Å². The molecule has 0 spiro atoms. The molecule has 0 unspecified atom stereocenters. The Kier molecular flexibility index (Phi) is 3.51. The van der Waals surface area contributed by atoms with Crippen LogP contribution in [0, 0.1) is 5.41 Å². The summed E-state index contributed by atoms with van der Waals surface area (Å²) in [6.45, 7) is 4.68. The Morgan fingerprint density at radius 3 is 2.41 bits per heavy atom. The number of halogens is 1. The highest BCUT2D eigenvalue weighted by atomic mass is 35.5. The third-order valence-electron chi connectivity index (χ3n) is 4.04. The zero-order chi connectivity index (χ0) is 12.5. The van der Waals surface area contributed by atoms with Crippen LogP contribution in [0.2, 0.25) is 5.02 Å². The summed E-state index contributed by atoms with van der Waals surface area (Å²) < 4.78 is 0. The third kappa shape index (κ3) is 3.46. The molecule has 17 heavy (non-hydrogen) atoms. The van der Waals surface area contributed by atoms with E-state index >= 15 is 0 Å². The lowest BCUT2D eigenvalue weighted by Gasteiger charge is -2.41. The van der Waals surface area contributed by atoms with Crippen molar-refractivity contribution in [2.45, 2.75) is 51.5 Å². The lowest BCUT2D eigenvalue weighted by Crippen LogP contribution is -2.46. The largest absolute Gasteiger partial charge is 0.325 e. The normalized spacial score (nSPS) is 22.4. The summed E-state index contributed by atoms with van der Waals surface area (Å²) in [5.74, 6) is 0. The Morgan fingerprint density at radius 2 is 1.82 bits per heavy atom. The van der Waals surface area contributed by atoms with E-state index in [-0.39, 0.29) is 5.54 Å². The van der Waals surface area contributed by atoms with Gasteiger partial charge in [-0.05, 0) is 55.2 Å². The summed E-state index contributed by atoms with van der Waals surface area (Å²) in [5.41, 5.74) is 8.22. The summed E-state index contributed by atoms with van der Waals surface area (Å²) >= 11 is 6.01. The first-order valence-corrected chi connectivity index (χ1v) is 6.80. The maximum Gasteiger partial charge on any atom is 0.0408 e. The summed E-state index contributed by atoms with van der Waals surface area (Å²) in [6.07, 6.45) is 5.64. The van der Waals surface area contributed by atoms with Crippen molar-refractivity contribution in [1.29, 1.82) is 0 Å². The van der Waals surface area contributed by atoms with E-state index in [0.29, 0.717) is 5.41 Å². The Morgan fingerprint density at radius 1 is 1.18 bits per heavy atom. The average molecular weight is 252 g/mol. The second-order valence-corrected chi connectivity index (χ2v) is 6.77. The quantitative estimate of drug-likeness (QED) is 0.839. The minimum absolute atomic E-state index is 0.0276. The number of hydrogen-bond donors (Lipinski definition) is 1. The number of rotatable bonds is 2. The molecule has 2 heteroatoms. The van der Waals surface area contributed by atoms with Gasteiger partial charge in [0.25, 0.3) is 0 Å². The molecule has 0 aliphatic heterocycles. The topological polar surface area (TPSA) is 26.0 Å². The van der Waals surface area contributed by atoms with Gasteiger partial charge in [0.05, 0.1) is 0 Å². The fourth-order valence-electron chi connectivity index (χ4n) is 2.65. The molecule has 0 bridgehead atoms. The molecule has 0 amide bonds. The Hall–Kier alpha value is -0.530. The van der Waals surface area contributed by atoms with E-state index in [2.05, 4.69) is 19.9 Å². The van der Waals surface area contributed by atoms with E-state index in [1.807, 2.05) is 18.2 Å². The zero-order valence-electron chi connectivity index (χ0n) is 10.8. The van der Waals surface area contributed by atoms with Crippen LogP contribution in [0.5, 0.6) is 0 Å². The van der Waals surface area contributed by atoms with Gasteiger partial charge in [-0.15, -0.1) is 0 Å². The van der Waals surface area contributed by atoms with Crippen LogP contribution in [0.1, 0.15) is 45.1 Å². The highest BCUT2D eigenvalue weighted by Crippen LogP contribution is 2.40. The molecule has 94 valence electrons. The number of benzene rings is 1. The van der Waals surface area contributed by atoms with Gasteiger partial charge in [-0.1, -0.05) is 37.6 Å². The van der Waals surface area contributed by atoms with Gasteiger partial charge in [-0.25, -0.2) is 0 Å². The Balaban J connectivity index is 2.04. The predicted molar refractivity (Wildman–Crippen MR) is 74.3 cm³/mol. The smallest absolute Gasteiger partial charge is 0.0408 e. The van der Waals surface area contributed by atoms with Gasteiger partial charge < -0.3 is 5.73 Å². The summed E-state index contributed by atoms with van der Waals surface area (Å²) in [5, 5.41) is 0.808. The fourth-order valence-corrected chi connectivity index (χ4v) is 2.87. The van der Waals surface area contributed by atoms with Crippen LogP contribution in [0.25, 0.3) is 0 Å². The van der Waals surface area contributed by atoms with Crippen molar-refractivity contribution in [2.75, 3.05) is 0 Å². The Labute approximate surface area is 109 Å². The van der Waals surface area contributed by atoms with Gasteiger partial charge >= 0.3 is 0 Å². The maximum atomic E-state index is 6.52. The lowest BCUT2D eigenvalue weighted by atomic mass is 9.68. The van der Waals surface area contributed by atoms with Crippen LogP contribution in [0.3, 0.4) is 0 Å². The standard InChI is InChI=1S/C15H22ClN/c1-14(2)6-8-15(17,9-7-14)11-12-4-3-5-13(16)10-12/h3-5,10H,6-9,11,17H2,1-2H3. The first kappa shape index (κ1) is 12.9. The van der Waals surface area contributed by atoms with E-state index in [0.717, 1.165) is 24.3 Å². The first-order chi connectivity index (χ1) is 7.89. The third-order valence-corrected chi connectivity index (χ3v) is 4.28. The van der Waals surface area contributed by atoms with Gasteiger partial charge in [0.15, 0.2) is 0 Å². The molecule has 2 rings (SSSR count). The second-order valence-electron chi connectivity index (χ2n) is 6.33. The molecule has 0 saturated heterocycles.